The fourth-order valence-corrected chi connectivity index (χ4v) is 1.67. The topological polar surface area (TPSA) is 51.0 Å². The Morgan fingerprint density at radius 1 is 1.28 bits per heavy atom. The summed E-state index contributed by atoms with van der Waals surface area (Å²) in [5.41, 5.74) is -0.265. The van der Waals surface area contributed by atoms with Gasteiger partial charge in [-0.15, -0.1) is 5.11 Å². The molecule has 0 saturated carbocycles. The van der Waals surface area contributed by atoms with E-state index in [0.717, 1.165) is 10.4 Å². The van der Waals surface area contributed by atoms with E-state index in [-0.39, 0.29) is 5.70 Å². The van der Waals surface area contributed by atoms with Gasteiger partial charge in [0.2, 0.25) is 0 Å². The minimum absolute atomic E-state index is 0.272. The highest BCUT2D eigenvalue weighted by Gasteiger charge is 2.21. The van der Waals surface area contributed by atoms with Crippen LogP contribution in [0.2, 0.25) is 0 Å². The lowest BCUT2D eigenvalue weighted by Gasteiger charge is -2.19. The average molecular weight is 244 g/mol. The van der Waals surface area contributed by atoms with Crippen LogP contribution in [0.1, 0.15) is 20.8 Å². The molecule has 0 atom stereocenters. The van der Waals surface area contributed by atoms with Gasteiger partial charge in [0.25, 0.3) is 0 Å². The Kier molecular flexibility index (Phi) is 3.28. The molecular formula is C14H16N2O2. The van der Waals surface area contributed by atoms with Gasteiger partial charge >= 0.3 is 5.97 Å². The van der Waals surface area contributed by atoms with E-state index in [0.29, 0.717) is 6.54 Å². The van der Waals surface area contributed by atoms with Crippen LogP contribution in [0.15, 0.2) is 34.5 Å². The molecule has 0 N–H and O–H groups in total. The van der Waals surface area contributed by atoms with Crippen molar-refractivity contribution in [3.05, 3.63) is 34.7 Å². The Morgan fingerprint density at radius 2 is 2.00 bits per heavy atom. The zero-order valence-electron chi connectivity index (χ0n) is 10.8. The molecule has 1 aliphatic rings. The monoisotopic (exact) mass is 244 g/mol. The summed E-state index contributed by atoms with van der Waals surface area (Å²) in [6.07, 6.45) is 1.94. The molecule has 0 aliphatic carbocycles. The number of rotatable bonds is 1. The second-order valence-corrected chi connectivity index (χ2v) is 5.07. The van der Waals surface area contributed by atoms with Crippen LogP contribution in [0.5, 0.6) is 0 Å². The molecule has 0 saturated heterocycles. The van der Waals surface area contributed by atoms with Crippen LogP contribution < -0.4 is 10.4 Å². The van der Waals surface area contributed by atoms with Gasteiger partial charge in [0, 0.05) is 5.22 Å². The standard InChI is InChI=1S/C14H16N2O2/c1-14(2,3)18-13(17)12-11-7-5-4-6-10(11)8-9-15-16-12/h4-8H,9H2,1-3H3. The number of carbonyl (C=O) groups excluding carboxylic acids is 1. The zero-order chi connectivity index (χ0) is 13.2. The van der Waals surface area contributed by atoms with Crippen molar-refractivity contribution in [2.75, 3.05) is 6.54 Å². The van der Waals surface area contributed by atoms with Crippen LogP contribution in [0.25, 0.3) is 11.8 Å². The Labute approximate surface area is 106 Å². The maximum Gasteiger partial charge on any atom is 0.360 e. The summed E-state index contributed by atoms with van der Waals surface area (Å²) in [4.78, 5) is 12.1. The number of benzene rings is 1. The number of ether oxygens (including phenoxy) is 1. The smallest absolute Gasteiger partial charge is 0.360 e. The highest BCUT2D eigenvalue weighted by atomic mass is 16.6. The molecule has 94 valence electrons. The predicted octanol–water partition coefficient (Wildman–Crippen LogP) is 1.38. The average Bonchev–Trinajstić information content (AvgIpc) is 2.48. The summed E-state index contributed by atoms with van der Waals surface area (Å²) in [6.45, 7) is 5.97. The van der Waals surface area contributed by atoms with Crippen molar-refractivity contribution in [2.45, 2.75) is 26.4 Å². The number of carbonyl (C=O) groups is 1. The Hall–Kier alpha value is -1.97. The van der Waals surface area contributed by atoms with Gasteiger partial charge in [-0.25, -0.2) is 4.79 Å². The molecule has 0 spiro atoms. The van der Waals surface area contributed by atoms with E-state index in [4.69, 9.17) is 4.74 Å². The molecule has 0 amide bonds. The van der Waals surface area contributed by atoms with E-state index in [1.165, 1.54) is 0 Å². The lowest BCUT2D eigenvalue weighted by atomic mass is 10.1. The van der Waals surface area contributed by atoms with Gasteiger partial charge in [0.1, 0.15) is 5.60 Å². The summed E-state index contributed by atoms with van der Waals surface area (Å²) >= 11 is 0. The van der Waals surface area contributed by atoms with E-state index >= 15 is 0 Å². The van der Waals surface area contributed by atoms with E-state index < -0.39 is 11.6 Å². The number of azo groups is 1. The number of fused-ring (bicyclic) bond motifs is 1. The number of nitrogens with zero attached hydrogens (tertiary/aromatic N) is 2. The lowest BCUT2D eigenvalue weighted by Crippen LogP contribution is -2.31. The molecule has 0 aromatic heterocycles. The van der Waals surface area contributed by atoms with Gasteiger partial charge in [-0.05, 0) is 26.0 Å². The largest absolute Gasteiger partial charge is 0.455 e. The molecule has 0 radical (unpaired) electrons. The van der Waals surface area contributed by atoms with Crippen molar-refractivity contribution >= 4 is 17.7 Å². The fourth-order valence-electron chi connectivity index (χ4n) is 1.67. The molecule has 18 heavy (non-hydrogen) atoms. The molecule has 0 fully saturated rings. The van der Waals surface area contributed by atoms with E-state index in [1.54, 1.807) is 0 Å². The lowest BCUT2D eigenvalue weighted by molar-refractivity contribution is -0.147. The Morgan fingerprint density at radius 3 is 2.72 bits per heavy atom. The van der Waals surface area contributed by atoms with Gasteiger partial charge in [-0.3, -0.25) is 0 Å². The van der Waals surface area contributed by atoms with Crippen molar-refractivity contribution in [2.24, 2.45) is 10.2 Å². The Balaban J connectivity index is 2.55. The highest BCUT2D eigenvalue weighted by molar-refractivity contribution is 6.09. The van der Waals surface area contributed by atoms with Gasteiger partial charge in [-0.1, -0.05) is 30.3 Å². The van der Waals surface area contributed by atoms with Crippen LogP contribution in [0, 0.1) is 0 Å². The van der Waals surface area contributed by atoms with Crippen LogP contribution in [-0.2, 0) is 9.53 Å². The van der Waals surface area contributed by atoms with Gasteiger partial charge < -0.3 is 4.74 Å². The summed E-state index contributed by atoms with van der Waals surface area (Å²) in [5.74, 6) is -0.436. The van der Waals surface area contributed by atoms with Crippen molar-refractivity contribution < 1.29 is 9.53 Å². The third-order valence-electron chi connectivity index (χ3n) is 2.37. The third-order valence-corrected chi connectivity index (χ3v) is 2.37. The minimum Gasteiger partial charge on any atom is -0.455 e. The molecular weight excluding hydrogens is 228 g/mol. The zero-order valence-corrected chi connectivity index (χ0v) is 10.8. The summed E-state index contributed by atoms with van der Waals surface area (Å²) < 4.78 is 5.35. The molecule has 1 aliphatic heterocycles. The first-order valence-corrected chi connectivity index (χ1v) is 5.88. The summed E-state index contributed by atoms with van der Waals surface area (Å²) in [6, 6.07) is 7.59. The van der Waals surface area contributed by atoms with Crippen molar-refractivity contribution in [3.8, 4) is 0 Å². The molecule has 0 unspecified atom stereocenters. The molecule has 0 bridgehead atoms. The molecule has 4 heteroatoms. The first-order valence-electron chi connectivity index (χ1n) is 5.88. The minimum atomic E-state index is -0.537. The Bertz CT molecular complexity index is 609. The van der Waals surface area contributed by atoms with Gasteiger partial charge in [0.15, 0.2) is 5.70 Å². The maximum atomic E-state index is 12.1. The van der Waals surface area contributed by atoms with E-state index in [1.807, 2.05) is 51.1 Å². The number of hydrogen-bond donors (Lipinski definition) is 0. The normalized spacial score (nSPS) is 14.5. The summed E-state index contributed by atoms with van der Waals surface area (Å²) in [5, 5.41) is 9.67. The molecule has 1 aromatic rings. The molecule has 1 aromatic carbocycles. The number of esters is 1. The highest BCUT2D eigenvalue weighted by Crippen LogP contribution is 2.12. The third kappa shape index (κ3) is 2.83. The van der Waals surface area contributed by atoms with Crippen LogP contribution in [0.3, 0.4) is 0 Å². The van der Waals surface area contributed by atoms with E-state index in [9.17, 15) is 4.79 Å². The van der Waals surface area contributed by atoms with Crippen molar-refractivity contribution in [1.82, 2.24) is 0 Å². The first-order chi connectivity index (χ1) is 8.47. The van der Waals surface area contributed by atoms with Gasteiger partial charge in [0.05, 0.1) is 6.54 Å². The van der Waals surface area contributed by atoms with E-state index in [2.05, 4.69) is 10.2 Å². The second kappa shape index (κ2) is 4.72. The van der Waals surface area contributed by atoms with Crippen LogP contribution in [-0.4, -0.2) is 18.1 Å². The molecule has 2 rings (SSSR count). The quantitative estimate of drug-likeness (QED) is 0.701. The van der Waals surface area contributed by atoms with Crippen molar-refractivity contribution in [3.63, 3.8) is 0 Å². The van der Waals surface area contributed by atoms with Crippen molar-refractivity contribution in [1.29, 1.82) is 0 Å². The number of hydrogen-bond acceptors (Lipinski definition) is 4. The van der Waals surface area contributed by atoms with Gasteiger partial charge in [-0.2, -0.15) is 5.11 Å². The first kappa shape index (κ1) is 12.5. The second-order valence-electron chi connectivity index (χ2n) is 5.07. The van der Waals surface area contributed by atoms with Crippen LogP contribution >= 0.6 is 0 Å². The predicted molar refractivity (Wildman–Crippen MR) is 69.1 cm³/mol. The molecule has 4 nitrogen and oxygen atoms in total. The van der Waals surface area contributed by atoms with Crippen LogP contribution in [0.4, 0.5) is 0 Å². The maximum absolute atomic E-state index is 12.1. The SMILES string of the molecule is CC(C)(C)OC(=O)C1=c2ccccc2=CCN=N1. The summed E-state index contributed by atoms with van der Waals surface area (Å²) in [7, 11) is 0. The molecule has 1 heterocycles. The fraction of sp³-hybridized carbons (Fsp3) is 0.357.